The van der Waals surface area contributed by atoms with Gasteiger partial charge < -0.3 is 45.1 Å². The molecule has 1 aliphatic heterocycles. The van der Waals surface area contributed by atoms with E-state index in [0.717, 1.165) is 62.9 Å². The number of unbranched alkanes of at least 4 members (excludes halogenated alkanes) is 2. The maximum Gasteiger partial charge on any atom is 0.246 e. The van der Waals surface area contributed by atoms with Crippen molar-refractivity contribution in [1.29, 1.82) is 0 Å². The lowest BCUT2D eigenvalue weighted by Crippen LogP contribution is -2.53. The van der Waals surface area contributed by atoms with E-state index in [9.17, 15) is 24.0 Å². The van der Waals surface area contributed by atoms with Crippen LogP contribution in [0.25, 0.3) is 0 Å². The van der Waals surface area contributed by atoms with Crippen LogP contribution in [0.4, 0.5) is 0 Å². The van der Waals surface area contributed by atoms with E-state index in [0.29, 0.717) is 78.6 Å². The van der Waals surface area contributed by atoms with E-state index in [1.165, 1.54) is 6.92 Å². The lowest BCUT2D eigenvalue weighted by Gasteiger charge is -2.26. The molecule has 0 aromatic carbocycles. The molecule has 0 saturated carbocycles. The van der Waals surface area contributed by atoms with Gasteiger partial charge in [-0.05, 0) is 50.9 Å². The van der Waals surface area contributed by atoms with Crippen molar-refractivity contribution in [3.05, 3.63) is 11.4 Å². The third-order valence-electron chi connectivity index (χ3n) is 10.1. The maximum atomic E-state index is 13.3. The van der Waals surface area contributed by atoms with Crippen molar-refractivity contribution < 1.29 is 47.7 Å². The van der Waals surface area contributed by atoms with E-state index in [1.54, 1.807) is 20.8 Å². The summed E-state index contributed by atoms with van der Waals surface area (Å²) < 4.78 is 28.6. The molecule has 16 nitrogen and oxygen atoms in total. The summed E-state index contributed by atoms with van der Waals surface area (Å²) in [7, 11) is 0. The number of hydrogen-bond donors (Lipinski definition) is 5. The fraction of sp³-hybridized carbons (Fsp3) is 0.833. The highest BCUT2D eigenvalue weighted by Gasteiger charge is 2.31. The molecule has 1 heterocycles. The molecule has 334 valence electrons. The zero-order valence-electron chi connectivity index (χ0n) is 36.6. The van der Waals surface area contributed by atoms with E-state index >= 15 is 0 Å². The van der Waals surface area contributed by atoms with Gasteiger partial charge in [-0.1, -0.05) is 60.8 Å². The standard InChI is InChI=1S/C42H76N6O10/c1-8-9-20-54-22-24-56-26-27-57-25-23-55-21-19-48-35-16-11-10-12-17-37(40(35)46-47-48)58-29-38(51)43-18-14-13-15-34(44-33(7)49)42(53)45-39(30(2)3)36(50)28-32(6)41(52)31(4)5/h30-32,34,37,39,46-47H,8-29H2,1-7H3,(H,43,51)(H,44,49)(H,45,53)/t32-,34-,37?,39+/m1/s1. The molecule has 0 bridgehead atoms. The summed E-state index contributed by atoms with van der Waals surface area (Å²) in [6.45, 7) is 17.9. The van der Waals surface area contributed by atoms with Gasteiger partial charge in [0, 0.05) is 38.3 Å². The fourth-order valence-corrected chi connectivity index (χ4v) is 6.83. The van der Waals surface area contributed by atoms with Crippen LogP contribution in [0.3, 0.4) is 0 Å². The molecule has 16 heteroatoms. The zero-order valence-corrected chi connectivity index (χ0v) is 36.6. The normalized spacial score (nSPS) is 17.3. The molecule has 0 aromatic rings. The van der Waals surface area contributed by atoms with Crippen LogP contribution < -0.4 is 26.9 Å². The minimum atomic E-state index is -0.837. The lowest BCUT2D eigenvalue weighted by atomic mass is 9.88. The number of Topliss-reactive ketones (excluding diaryl/α,β-unsaturated/α-hetero) is 2. The smallest absolute Gasteiger partial charge is 0.246 e. The highest BCUT2D eigenvalue weighted by molar-refractivity contribution is 5.95. The quantitative estimate of drug-likeness (QED) is 0.0620. The van der Waals surface area contributed by atoms with Crippen LogP contribution >= 0.6 is 0 Å². The lowest BCUT2D eigenvalue weighted by molar-refractivity contribution is -0.133. The molecule has 0 spiro atoms. The number of ketones is 2. The van der Waals surface area contributed by atoms with Gasteiger partial charge in [-0.3, -0.25) is 29.0 Å². The van der Waals surface area contributed by atoms with Crippen LogP contribution in [-0.4, -0.2) is 125 Å². The number of ether oxygens (including phenoxy) is 5. The van der Waals surface area contributed by atoms with Gasteiger partial charge in [-0.25, -0.2) is 0 Å². The molecular formula is C42H76N6O10. The summed E-state index contributed by atoms with van der Waals surface area (Å²) in [6.07, 6.45) is 8.26. The van der Waals surface area contributed by atoms with Crippen molar-refractivity contribution in [2.24, 2.45) is 17.8 Å². The van der Waals surface area contributed by atoms with Gasteiger partial charge in [0.25, 0.3) is 0 Å². The Bertz CT molecular complexity index is 1260. The molecule has 0 fully saturated rings. The third kappa shape index (κ3) is 20.7. The molecule has 5 N–H and O–H groups in total. The summed E-state index contributed by atoms with van der Waals surface area (Å²) in [5.41, 5.74) is 8.60. The van der Waals surface area contributed by atoms with Crippen LogP contribution in [0.5, 0.6) is 0 Å². The number of nitrogens with one attached hydrogen (secondary N) is 5. The van der Waals surface area contributed by atoms with E-state index in [2.05, 4.69) is 38.8 Å². The average Bonchev–Trinajstić information content (AvgIpc) is 3.56. The first-order valence-corrected chi connectivity index (χ1v) is 21.7. The van der Waals surface area contributed by atoms with Gasteiger partial charge in [0.05, 0.1) is 70.2 Å². The molecule has 1 aliphatic carbocycles. The highest BCUT2D eigenvalue weighted by atomic mass is 16.6. The molecule has 2 aliphatic rings. The number of amides is 3. The fourth-order valence-electron chi connectivity index (χ4n) is 6.83. The number of allylic oxidation sites excluding steroid dienone is 1. The zero-order chi connectivity index (χ0) is 42.7. The van der Waals surface area contributed by atoms with E-state index < -0.39 is 23.9 Å². The SMILES string of the molecule is CCCCOCCOCCOCCOCCN1NNC2=C1CCCCCC2OCC(=O)NCCCC[C@@H](NC(C)=O)C(=O)N[C@H](C(=O)C[C@@H](C)C(=O)C(C)C)C(C)C. The summed E-state index contributed by atoms with van der Waals surface area (Å²) in [4.78, 5) is 63.5. The number of carbonyl (C=O) groups is 5. The van der Waals surface area contributed by atoms with Gasteiger partial charge in [-0.15, -0.1) is 5.53 Å². The largest absolute Gasteiger partial charge is 0.379 e. The first kappa shape index (κ1) is 51.0. The van der Waals surface area contributed by atoms with Crippen LogP contribution in [-0.2, 0) is 47.7 Å². The summed E-state index contributed by atoms with van der Waals surface area (Å²) in [6, 6.07) is -1.61. The minimum absolute atomic E-state index is 0.00609. The number of hydrogen-bond acceptors (Lipinski definition) is 13. The van der Waals surface area contributed by atoms with Gasteiger partial charge in [0.15, 0.2) is 5.78 Å². The van der Waals surface area contributed by atoms with Gasteiger partial charge in [0.1, 0.15) is 24.5 Å². The molecular weight excluding hydrogens is 748 g/mol. The van der Waals surface area contributed by atoms with Gasteiger partial charge in [-0.2, -0.15) is 0 Å². The van der Waals surface area contributed by atoms with Crippen molar-refractivity contribution in [3.63, 3.8) is 0 Å². The number of rotatable bonds is 32. The summed E-state index contributed by atoms with van der Waals surface area (Å²) in [5.74, 6) is -2.06. The Kier molecular flexibility index (Phi) is 26.3. The Morgan fingerprint density at radius 2 is 1.47 bits per heavy atom. The Morgan fingerprint density at radius 3 is 2.09 bits per heavy atom. The number of hydrazine groups is 2. The van der Waals surface area contributed by atoms with Crippen molar-refractivity contribution in [2.75, 3.05) is 72.6 Å². The van der Waals surface area contributed by atoms with E-state index in [-0.39, 0.29) is 54.3 Å². The van der Waals surface area contributed by atoms with Crippen molar-refractivity contribution in [2.45, 2.75) is 137 Å². The summed E-state index contributed by atoms with van der Waals surface area (Å²) in [5, 5.41) is 10.5. The first-order valence-electron chi connectivity index (χ1n) is 21.7. The second kappa shape index (κ2) is 30.0. The molecule has 2 rings (SSSR count). The number of nitrogens with zero attached hydrogens (tertiary/aromatic N) is 1. The summed E-state index contributed by atoms with van der Waals surface area (Å²) >= 11 is 0. The average molecular weight is 825 g/mol. The van der Waals surface area contributed by atoms with Gasteiger partial charge >= 0.3 is 0 Å². The maximum absolute atomic E-state index is 13.3. The van der Waals surface area contributed by atoms with Crippen molar-refractivity contribution in [3.8, 4) is 0 Å². The molecule has 3 amide bonds. The van der Waals surface area contributed by atoms with E-state index in [4.69, 9.17) is 23.7 Å². The second-order valence-electron chi connectivity index (χ2n) is 15.9. The molecule has 1 unspecified atom stereocenters. The van der Waals surface area contributed by atoms with Crippen LogP contribution in [0.15, 0.2) is 11.4 Å². The van der Waals surface area contributed by atoms with E-state index in [1.807, 2.05) is 13.8 Å². The molecule has 0 saturated heterocycles. The predicted octanol–water partition coefficient (Wildman–Crippen LogP) is 3.49. The third-order valence-corrected chi connectivity index (χ3v) is 10.1. The number of carbonyl (C=O) groups excluding carboxylic acids is 5. The molecule has 0 aromatic heterocycles. The predicted molar refractivity (Wildman–Crippen MR) is 221 cm³/mol. The van der Waals surface area contributed by atoms with Gasteiger partial charge in [0.2, 0.25) is 17.7 Å². The Labute approximate surface area is 347 Å². The Morgan fingerprint density at radius 1 is 0.810 bits per heavy atom. The monoisotopic (exact) mass is 825 g/mol. The highest BCUT2D eigenvalue weighted by Crippen LogP contribution is 2.28. The van der Waals surface area contributed by atoms with Crippen LogP contribution in [0.2, 0.25) is 0 Å². The molecule has 0 radical (unpaired) electrons. The first-order chi connectivity index (χ1) is 27.8. The van der Waals surface area contributed by atoms with Crippen LogP contribution in [0.1, 0.15) is 119 Å². The topological polar surface area (TPSA) is 195 Å². The van der Waals surface area contributed by atoms with Crippen molar-refractivity contribution in [1.82, 2.24) is 31.9 Å². The Hall–Kier alpha value is -3.15. The molecule has 4 atom stereocenters. The molecule has 58 heavy (non-hydrogen) atoms. The Balaban J connectivity index is 1.72. The second-order valence-corrected chi connectivity index (χ2v) is 15.9. The van der Waals surface area contributed by atoms with Crippen LogP contribution in [0, 0.1) is 17.8 Å². The van der Waals surface area contributed by atoms with Crippen molar-refractivity contribution >= 4 is 29.3 Å². The minimum Gasteiger partial charge on any atom is -0.379 e.